The van der Waals surface area contributed by atoms with Crippen LogP contribution in [0.2, 0.25) is 0 Å². The number of likely N-dealkylation sites (tertiary alicyclic amines) is 1. The van der Waals surface area contributed by atoms with Gasteiger partial charge in [0.15, 0.2) is 6.10 Å². The first-order chi connectivity index (χ1) is 20.8. The maximum Gasteiger partial charge on any atom is 0.405 e. The van der Waals surface area contributed by atoms with Gasteiger partial charge in [-0.3, -0.25) is 14.4 Å². The Morgan fingerprint density at radius 3 is 2.41 bits per heavy atom. The van der Waals surface area contributed by atoms with E-state index < -0.39 is 53.9 Å². The fourth-order valence-corrected chi connectivity index (χ4v) is 5.78. The van der Waals surface area contributed by atoms with Crippen LogP contribution in [-0.2, 0) is 28.6 Å². The Labute approximate surface area is 258 Å². The van der Waals surface area contributed by atoms with E-state index in [-0.39, 0.29) is 47.4 Å². The van der Waals surface area contributed by atoms with Crippen molar-refractivity contribution in [2.24, 2.45) is 23.5 Å². The number of nitrogens with one attached hydrogen (secondary N) is 1. The fraction of sp³-hybridized carbons (Fsp3) is 0.562. The van der Waals surface area contributed by atoms with Gasteiger partial charge in [-0.2, -0.15) is 0 Å². The Hall–Kier alpha value is -3.58. The number of rotatable bonds is 5. The number of nitrogens with two attached hydrogens (primary N) is 1. The van der Waals surface area contributed by atoms with Gasteiger partial charge in [0, 0.05) is 63.0 Å². The highest BCUT2D eigenvalue weighted by Crippen LogP contribution is 2.33. The number of nitrogens with zero attached hydrogens (tertiary/aromatic N) is 1. The van der Waals surface area contributed by atoms with Crippen LogP contribution in [0.5, 0.6) is 0 Å². The molecule has 3 aliphatic rings. The number of ketones is 2. The van der Waals surface area contributed by atoms with E-state index in [0.717, 1.165) is 6.08 Å². The minimum Gasteiger partial charge on any atom is -0.439 e. The number of fused-ring (bicyclic) bond motifs is 2. The van der Waals surface area contributed by atoms with Crippen molar-refractivity contribution in [2.75, 3.05) is 33.9 Å². The smallest absolute Gasteiger partial charge is 0.405 e. The molecule has 12 nitrogen and oxygen atoms in total. The molecule has 1 aliphatic carbocycles. The molecule has 2 aliphatic heterocycles. The monoisotopic (exact) mass is 615 g/mol. The van der Waals surface area contributed by atoms with Crippen LogP contribution in [0.1, 0.15) is 40.5 Å². The summed E-state index contributed by atoms with van der Waals surface area (Å²) < 4.78 is 16.6. The molecular weight excluding hydrogens is 570 g/mol. The molecule has 0 radical (unpaired) electrons. The quantitative estimate of drug-likeness (QED) is 0.263. The van der Waals surface area contributed by atoms with Gasteiger partial charge in [-0.05, 0) is 38.2 Å². The number of hydrogen-bond acceptors (Lipinski definition) is 10. The van der Waals surface area contributed by atoms with Gasteiger partial charge in [-0.15, -0.1) is 0 Å². The lowest BCUT2D eigenvalue weighted by molar-refractivity contribution is -0.120. The van der Waals surface area contributed by atoms with Crippen LogP contribution in [0, 0.1) is 17.8 Å². The van der Waals surface area contributed by atoms with Crippen molar-refractivity contribution in [3.8, 4) is 0 Å². The van der Waals surface area contributed by atoms with Crippen LogP contribution in [-0.4, -0.2) is 97.0 Å². The zero-order valence-electron chi connectivity index (χ0n) is 26.2. The van der Waals surface area contributed by atoms with Crippen LogP contribution in [0.3, 0.4) is 0 Å². The SMILES string of the molecule is CO[C@H]1/C=C\C=C(/C)C(=O)NC2=CC(=O)C(N3CC(CO)C3)=C(C[C@@H](C)C[C@H](OC)[C@H](O)[C@@H](C)/C=C(\C)[C@@H]1OC(N)=O)C2=O. The fourth-order valence-electron chi connectivity index (χ4n) is 5.78. The third-order valence-corrected chi connectivity index (χ3v) is 8.30. The summed E-state index contributed by atoms with van der Waals surface area (Å²) in [5.41, 5.74) is 6.61. The average Bonchev–Trinajstić information content (AvgIpc) is 2.95. The van der Waals surface area contributed by atoms with E-state index >= 15 is 0 Å². The highest BCUT2D eigenvalue weighted by atomic mass is 16.6. The molecule has 1 fully saturated rings. The molecule has 0 spiro atoms. The second kappa shape index (κ2) is 15.4. The number of aliphatic hydroxyl groups excluding tert-OH is 2. The van der Waals surface area contributed by atoms with Gasteiger partial charge in [0.25, 0.3) is 5.91 Å². The van der Waals surface area contributed by atoms with Crippen LogP contribution in [0.15, 0.2) is 58.5 Å². The Bertz CT molecular complexity index is 1280. The summed E-state index contributed by atoms with van der Waals surface area (Å²) in [6.45, 7) is 7.86. The van der Waals surface area contributed by atoms with Gasteiger partial charge in [-0.1, -0.05) is 38.2 Å². The number of aliphatic hydroxyl groups is 2. The number of carbonyl (C=O) groups excluding carboxylic acids is 4. The van der Waals surface area contributed by atoms with Gasteiger partial charge < -0.3 is 40.4 Å². The van der Waals surface area contributed by atoms with E-state index in [4.69, 9.17) is 19.9 Å². The molecule has 0 aromatic heterocycles. The first kappa shape index (κ1) is 34.9. The lowest BCUT2D eigenvalue weighted by Crippen LogP contribution is -2.50. The van der Waals surface area contributed by atoms with E-state index in [1.165, 1.54) is 20.3 Å². The van der Waals surface area contributed by atoms with Crippen molar-refractivity contribution in [2.45, 2.75) is 65.0 Å². The molecule has 2 bridgehead atoms. The molecule has 0 aromatic rings. The Morgan fingerprint density at radius 2 is 1.82 bits per heavy atom. The zero-order chi connectivity index (χ0) is 32.7. The van der Waals surface area contributed by atoms with Crippen molar-refractivity contribution in [3.05, 3.63) is 58.5 Å². The molecule has 242 valence electrons. The average molecular weight is 616 g/mol. The second-order valence-electron chi connectivity index (χ2n) is 11.9. The van der Waals surface area contributed by atoms with Gasteiger partial charge in [0.1, 0.15) is 6.10 Å². The van der Waals surface area contributed by atoms with Crippen molar-refractivity contribution in [3.63, 3.8) is 0 Å². The highest BCUT2D eigenvalue weighted by molar-refractivity contribution is 6.23. The Kier molecular flexibility index (Phi) is 12.2. The lowest BCUT2D eigenvalue weighted by atomic mass is 9.84. The molecule has 3 rings (SSSR count). The number of carbonyl (C=O) groups is 4. The number of ether oxygens (including phenoxy) is 3. The van der Waals surface area contributed by atoms with Gasteiger partial charge in [-0.25, -0.2) is 4.79 Å². The Morgan fingerprint density at radius 1 is 1.14 bits per heavy atom. The minimum atomic E-state index is -1.00. The first-order valence-electron chi connectivity index (χ1n) is 14.7. The van der Waals surface area contributed by atoms with Crippen molar-refractivity contribution >= 4 is 23.6 Å². The minimum absolute atomic E-state index is 0.00864. The van der Waals surface area contributed by atoms with Crippen LogP contribution in [0.4, 0.5) is 4.79 Å². The molecule has 2 heterocycles. The van der Waals surface area contributed by atoms with Crippen molar-refractivity contribution in [1.29, 1.82) is 0 Å². The van der Waals surface area contributed by atoms with E-state index in [2.05, 4.69) is 5.32 Å². The number of hydrogen-bond donors (Lipinski definition) is 4. The van der Waals surface area contributed by atoms with E-state index in [1.54, 1.807) is 43.9 Å². The molecule has 44 heavy (non-hydrogen) atoms. The summed E-state index contributed by atoms with van der Waals surface area (Å²) in [7, 11) is 2.92. The number of Topliss-reactive ketones (excluding diaryl/α,β-unsaturated/α-hetero) is 1. The maximum atomic E-state index is 13.8. The molecule has 2 amide bonds. The van der Waals surface area contributed by atoms with E-state index in [9.17, 15) is 29.4 Å². The van der Waals surface area contributed by atoms with Crippen molar-refractivity contribution < 1.29 is 43.6 Å². The standard InChI is InChI=1S/C32H45N3O9/c1-17-10-22-27(35-14-21(15-35)16-36)24(37)13-23(29(22)39)34-31(40)18(2)8-7-9-25(42-5)30(44-32(33)41)20(4)12-19(3)28(38)26(11-17)43-6/h7-9,12-13,17,19,21,25-26,28,30,36,38H,10-11,14-16H2,1-6H3,(H2,33,41)(H,34,40)/b9-7-,18-8+,20-12+/t17-,19+,25+,26+,28-,30+/m1/s1. The molecule has 0 aromatic carbocycles. The van der Waals surface area contributed by atoms with Crippen LogP contribution >= 0.6 is 0 Å². The zero-order valence-corrected chi connectivity index (χ0v) is 26.2. The number of amides is 2. The van der Waals surface area contributed by atoms with Gasteiger partial charge in [0.05, 0.1) is 23.6 Å². The van der Waals surface area contributed by atoms with Gasteiger partial charge >= 0.3 is 6.09 Å². The summed E-state index contributed by atoms with van der Waals surface area (Å²) in [4.78, 5) is 53.7. The Balaban J connectivity index is 2.07. The third-order valence-electron chi connectivity index (χ3n) is 8.30. The number of allylic oxidation sites excluding steroid dienone is 4. The summed E-state index contributed by atoms with van der Waals surface area (Å²) in [6.07, 6.45) is 3.79. The van der Waals surface area contributed by atoms with E-state index in [1.807, 2.05) is 6.92 Å². The lowest BCUT2D eigenvalue weighted by Gasteiger charge is -2.42. The summed E-state index contributed by atoms with van der Waals surface area (Å²) in [6, 6.07) is 0. The number of primary amides is 1. The topological polar surface area (TPSA) is 178 Å². The highest BCUT2D eigenvalue weighted by Gasteiger charge is 2.38. The molecule has 0 unspecified atom stereocenters. The van der Waals surface area contributed by atoms with Crippen molar-refractivity contribution in [1.82, 2.24) is 10.2 Å². The predicted molar refractivity (Wildman–Crippen MR) is 162 cm³/mol. The molecule has 5 N–H and O–H groups in total. The summed E-state index contributed by atoms with van der Waals surface area (Å²) in [5.74, 6) is -2.08. The molecule has 12 heteroatoms. The summed E-state index contributed by atoms with van der Waals surface area (Å²) in [5, 5.41) is 23.4. The predicted octanol–water partition coefficient (Wildman–Crippen LogP) is 1.69. The normalized spacial score (nSPS) is 33.0. The van der Waals surface area contributed by atoms with E-state index in [0.29, 0.717) is 25.1 Å². The first-order valence-corrected chi connectivity index (χ1v) is 14.7. The van der Waals surface area contributed by atoms with Crippen LogP contribution in [0.25, 0.3) is 0 Å². The third kappa shape index (κ3) is 8.32. The molecule has 0 saturated carbocycles. The maximum absolute atomic E-state index is 13.8. The molecular formula is C32H45N3O9. The van der Waals surface area contributed by atoms with Gasteiger partial charge in [0.2, 0.25) is 11.6 Å². The number of methoxy groups -OCH3 is 2. The molecule has 1 saturated heterocycles. The largest absolute Gasteiger partial charge is 0.439 e. The molecule has 6 atom stereocenters. The second-order valence-corrected chi connectivity index (χ2v) is 11.9. The summed E-state index contributed by atoms with van der Waals surface area (Å²) >= 11 is 0. The van der Waals surface area contributed by atoms with Crippen LogP contribution < -0.4 is 11.1 Å².